The van der Waals surface area contributed by atoms with Crippen molar-refractivity contribution < 1.29 is 9.90 Å². The Hall–Kier alpha value is -0.630. The number of carbonyl (C=O) groups excluding carboxylic acids is 1. The van der Waals surface area contributed by atoms with Crippen molar-refractivity contribution in [2.24, 2.45) is 34.5 Å². The molecule has 1 N–H and O–H groups in total. The van der Waals surface area contributed by atoms with Gasteiger partial charge in [0.05, 0.1) is 6.10 Å². The molecule has 0 saturated heterocycles. The lowest BCUT2D eigenvalue weighted by Gasteiger charge is -2.59. The van der Waals surface area contributed by atoms with E-state index >= 15 is 0 Å². The van der Waals surface area contributed by atoms with Gasteiger partial charge in [0.25, 0.3) is 0 Å². The molecule has 4 aliphatic rings. The highest BCUT2D eigenvalue weighted by Crippen LogP contribution is 2.65. The van der Waals surface area contributed by atoms with E-state index in [1.165, 1.54) is 12.0 Å². The van der Waals surface area contributed by atoms with Crippen molar-refractivity contribution in [3.05, 3.63) is 11.6 Å². The van der Waals surface area contributed by atoms with E-state index in [1.807, 2.05) is 0 Å². The zero-order valence-electron chi connectivity index (χ0n) is 14.3. The summed E-state index contributed by atoms with van der Waals surface area (Å²) in [5, 5.41) is 10.2. The number of Topliss-reactive ketones (excluding diaryl/α,β-unsaturated/α-hetero) is 1. The number of allylic oxidation sites excluding steroid dienone is 1. The number of ketones is 1. The van der Waals surface area contributed by atoms with Crippen LogP contribution in [0.1, 0.15) is 65.7 Å². The molecule has 4 rings (SSSR count). The van der Waals surface area contributed by atoms with Crippen LogP contribution in [0.3, 0.4) is 0 Å². The van der Waals surface area contributed by atoms with Gasteiger partial charge in [0.1, 0.15) is 5.78 Å². The van der Waals surface area contributed by atoms with Crippen LogP contribution in [-0.2, 0) is 4.79 Å². The number of carbonyl (C=O) groups is 1. The quantitative estimate of drug-likeness (QED) is 0.683. The zero-order chi connectivity index (χ0) is 15.7. The lowest BCUT2D eigenvalue weighted by molar-refractivity contribution is -0.132. The molecule has 0 unspecified atom stereocenters. The van der Waals surface area contributed by atoms with Crippen molar-refractivity contribution in [2.75, 3.05) is 0 Å². The van der Waals surface area contributed by atoms with E-state index in [4.69, 9.17) is 0 Å². The summed E-state index contributed by atoms with van der Waals surface area (Å²) in [5.41, 5.74) is 1.75. The van der Waals surface area contributed by atoms with Crippen LogP contribution >= 0.6 is 0 Å². The van der Waals surface area contributed by atoms with E-state index in [2.05, 4.69) is 26.8 Å². The van der Waals surface area contributed by atoms with Gasteiger partial charge in [-0.1, -0.05) is 32.4 Å². The van der Waals surface area contributed by atoms with Crippen LogP contribution in [0.15, 0.2) is 11.6 Å². The summed E-state index contributed by atoms with van der Waals surface area (Å²) in [6.45, 7) is 7.05. The monoisotopic (exact) mass is 302 g/mol. The number of aliphatic hydroxyl groups excluding tert-OH is 1. The Labute approximate surface area is 134 Å². The lowest BCUT2D eigenvalue weighted by Crippen LogP contribution is -2.53. The molecule has 0 heterocycles. The lowest BCUT2D eigenvalue weighted by atomic mass is 9.46. The standard InChI is InChI=1S/C20H30O2/c1-12-10-14(21)11-13-4-5-15-16-6-7-18(22)19(16,2)9-8-17(15)20(12,13)3/h4,12,14-17,21H,5-11H2,1-3H3/t12-,14-,15-,16-,17-,19-,20-/m0/s1. The van der Waals surface area contributed by atoms with Crippen LogP contribution in [0, 0.1) is 34.5 Å². The van der Waals surface area contributed by atoms with Gasteiger partial charge in [-0.05, 0) is 67.6 Å². The second kappa shape index (κ2) is 4.69. The van der Waals surface area contributed by atoms with E-state index in [0.717, 1.165) is 44.4 Å². The average molecular weight is 302 g/mol. The third-order valence-corrected chi connectivity index (χ3v) is 8.35. The van der Waals surface area contributed by atoms with Gasteiger partial charge < -0.3 is 5.11 Å². The largest absolute Gasteiger partial charge is 0.393 e. The number of hydrogen-bond acceptors (Lipinski definition) is 2. The highest BCUT2D eigenvalue weighted by molar-refractivity contribution is 5.87. The molecular formula is C20H30O2. The van der Waals surface area contributed by atoms with Crippen molar-refractivity contribution in [1.29, 1.82) is 0 Å². The Kier molecular flexibility index (Phi) is 3.18. The number of aliphatic hydroxyl groups is 1. The van der Waals surface area contributed by atoms with Gasteiger partial charge in [0, 0.05) is 11.8 Å². The predicted octanol–water partition coefficient (Wildman–Crippen LogP) is 4.13. The molecule has 2 heteroatoms. The minimum Gasteiger partial charge on any atom is -0.393 e. The van der Waals surface area contributed by atoms with Gasteiger partial charge in [-0.15, -0.1) is 0 Å². The first-order chi connectivity index (χ1) is 10.4. The molecule has 122 valence electrons. The van der Waals surface area contributed by atoms with Gasteiger partial charge in [0.15, 0.2) is 0 Å². The van der Waals surface area contributed by atoms with Crippen LogP contribution in [-0.4, -0.2) is 17.0 Å². The van der Waals surface area contributed by atoms with Crippen molar-refractivity contribution in [2.45, 2.75) is 71.8 Å². The first kappa shape index (κ1) is 14.9. The van der Waals surface area contributed by atoms with E-state index in [1.54, 1.807) is 0 Å². The van der Waals surface area contributed by atoms with Crippen LogP contribution in [0.4, 0.5) is 0 Å². The molecule has 2 nitrogen and oxygen atoms in total. The van der Waals surface area contributed by atoms with E-state index in [-0.39, 0.29) is 16.9 Å². The molecule has 0 radical (unpaired) electrons. The molecule has 0 amide bonds. The molecule has 22 heavy (non-hydrogen) atoms. The number of hydrogen-bond donors (Lipinski definition) is 1. The van der Waals surface area contributed by atoms with Crippen LogP contribution in [0.25, 0.3) is 0 Å². The zero-order valence-corrected chi connectivity index (χ0v) is 14.3. The second-order valence-electron chi connectivity index (χ2n) is 9.04. The van der Waals surface area contributed by atoms with Gasteiger partial charge >= 0.3 is 0 Å². The minimum absolute atomic E-state index is 0.0275. The maximum absolute atomic E-state index is 12.4. The van der Waals surface area contributed by atoms with Gasteiger partial charge in [-0.25, -0.2) is 0 Å². The average Bonchev–Trinajstić information content (AvgIpc) is 2.77. The fourth-order valence-electron chi connectivity index (χ4n) is 6.84. The molecule has 0 aromatic rings. The molecule has 0 aliphatic heterocycles. The molecule has 0 aromatic carbocycles. The second-order valence-corrected chi connectivity index (χ2v) is 9.04. The van der Waals surface area contributed by atoms with Crippen molar-refractivity contribution in [3.63, 3.8) is 0 Å². The predicted molar refractivity (Wildman–Crippen MR) is 87.3 cm³/mol. The number of fused-ring (bicyclic) bond motifs is 5. The molecular weight excluding hydrogens is 272 g/mol. The maximum atomic E-state index is 12.4. The van der Waals surface area contributed by atoms with Crippen molar-refractivity contribution in [1.82, 2.24) is 0 Å². The highest BCUT2D eigenvalue weighted by atomic mass is 16.3. The van der Waals surface area contributed by atoms with Gasteiger partial charge in [-0.3, -0.25) is 4.79 Å². The van der Waals surface area contributed by atoms with Crippen molar-refractivity contribution >= 4 is 5.78 Å². The summed E-state index contributed by atoms with van der Waals surface area (Å²) in [4.78, 5) is 12.4. The third-order valence-electron chi connectivity index (χ3n) is 8.35. The minimum atomic E-state index is -0.146. The Morgan fingerprint density at radius 3 is 2.77 bits per heavy atom. The molecule has 4 aliphatic carbocycles. The topological polar surface area (TPSA) is 37.3 Å². The molecule has 0 spiro atoms. The van der Waals surface area contributed by atoms with Gasteiger partial charge in [-0.2, -0.15) is 0 Å². The summed E-state index contributed by atoms with van der Waals surface area (Å²) in [6, 6.07) is 0. The van der Waals surface area contributed by atoms with Gasteiger partial charge in [0.2, 0.25) is 0 Å². The van der Waals surface area contributed by atoms with E-state index < -0.39 is 0 Å². The first-order valence-corrected chi connectivity index (χ1v) is 9.28. The molecule has 3 saturated carbocycles. The number of rotatable bonds is 0. The van der Waals surface area contributed by atoms with Crippen LogP contribution in [0.2, 0.25) is 0 Å². The van der Waals surface area contributed by atoms with E-state index in [0.29, 0.717) is 23.5 Å². The normalized spacial score (nSPS) is 54.3. The van der Waals surface area contributed by atoms with Crippen molar-refractivity contribution in [3.8, 4) is 0 Å². The van der Waals surface area contributed by atoms with Crippen LogP contribution in [0.5, 0.6) is 0 Å². The maximum Gasteiger partial charge on any atom is 0.139 e. The molecule has 0 bridgehead atoms. The SMILES string of the molecule is C[C@H]1C[C@H](O)CC2=CC[C@@H]3[C@H](CC[C@]4(C)C(=O)CC[C@@H]34)[C@]21C. The Bertz CT molecular complexity index is 536. The Balaban J connectivity index is 1.72. The summed E-state index contributed by atoms with van der Waals surface area (Å²) in [6.07, 6.45) is 9.50. The third kappa shape index (κ3) is 1.74. The summed E-state index contributed by atoms with van der Waals surface area (Å²) in [5.74, 6) is 3.10. The first-order valence-electron chi connectivity index (χ1n) is 9.28. The summed E-state index contributed by atoms with van der Waals surface area (Å²) < 4.78 is 0. The fraction of sp³-hybridized carbons (Fsp3) is 0.850. The Morgan fingerprint density at radius 1 is 1.23 bits per heavy atom. The van der Waals surface area contributed by atoms with Crippen LogP contribution < -0.4 is 0 Å². The smallest absolute Gasteiger partial charge is 0.139 e. The Morgan fingerprint density at radius 2 is 2.00 bits per heavy atom. The molecule has 7 atom stereocenters. The fourth-order valence-corrected chi connectivity index (χ4v) is 6.84. The summed E-state index contributed by atoms with van der Waals surface area (Å²) in [7, 11) is 0. The summed E-state index contributed by atoms with van der Waals surface area (Å²) >= 11 is 0. The van der Waals surface area contributed by atoms with E-state index in [9.17, 15) is 9.90 Å². The molecule has 0 aromatic heterocycles. The molecule has 3 fully saturated rings. The highest BCUT2D eigenvalue weighted by Gasteiger charge is 2.59.